The van der Waals surface area contributed by atoms with Crippen molar-refractivity contribution < 1.29 is 0 Å². The molecule has 0 spiro atoms. The minimum Gasteiger partial charge on any atom is -0.382 e. The van der Waals surface area contributed by atoms with Crippen molar-refractivity contribution in [2.75, 3.05) is 12.3 Å². The maximum Gasteiger partial charge on any atom is 0.150 e. The third kappa shape index (κ3) is 1.31. The van der Waals surface area contributed by atoms with Gasteiger partial charge in [0.05, 0.1) is 0 Å². The van der Waals surface area contributed by atoms with Gasteiger partial charge in [0.2, 0.25) is 0 Å². The first-order valence-corrected chi connectivity index (χ1v) is 4.76. The molecule has 0 amide bonds. The van der Waals surface area contributed by atoms with E-state index in [2.05, 4.69) is 24.3 Å². The van der Waals surface area contributed by atoms with Crippen LogP contribution in [0.1, 0.15) is 31.1 Å². The zero-order valence-electron chi connectivity index (χ0n) is 8.17. The van der Waals surface area contributed by atoms with Gasteiger partial charge < -0.3 is 11.1 Å². The predicted octanol–water partition coefficient (Wildman–Crippen LogP) is 0.692. The molecule has 0 atom stereocenters. The first-order valence-electron chi connectivity index (χ1n) is 4.76. The lowest BCUT2D eigenvalue weighted by molar-refractivity contribution is 0.494. The van der Waals surface area contributed by atoms with Crippen LogP contribution in [-0.4, -0.2) is 16.3 Å². The Morgan fingerprint density at radius 3 is 3.00 bits per heavy atom. The Labute approximate surface area is 78.1 Å². The molecule has 1 aromatic heterocycles. The number of nitrogens with zero attached hydrogens (tertiary/aromatic N) is 2. The van der Waals surface area contributed by atoms with E-state index in [9.17, 15) is 0 Å². The Hall–Kier alpha value is -1.03. The number of nitrogen functional groups attached to an aromatic ring is 1. The van der Waals surface area contributed by atoms with Gasteiger partial charge in [-0.25, -0.2) is 0 Å². The summed E-state index contributed by atoms with van der Waals surface area (Å²) < 4.78 is 2.05. The highest BCUT2D eigenvalue weighted by Gasteiger charge is 2.19. The summed E-state index contributed by atoms with van der Waals surface area (Å²) in [5, 5.41) is 7.65. The van der Waals surface area contributed by atoms with Crippen LogP contribution in [0.3, 0.4) is 0 Å². The van der Waals surface area contributed by atoms with Crippen LogP contribution in [0.4, 0.5) is 5.82 Å². The van der Waals surface area contributed by atoms with E-state index in [1.807, 2.05) is 4.68 Å². The molecule has 1 aliphatic heterocycles. The van der Waals surface area contributed by atoms with Crippen molar-refractivity contribution in [3.8, 4) is 0 Å². The van der Waals surface area contributed by atoms with Crippen LogP contribution >= 0.6 is 0 Å². The lowest BCUT2D eigenvalue weighted by atomic mass is 10.1. The summed E-state index contributed by atoms with van der Waals surface area (Å²) >= 11 is 0. The van der Waals surface area contributed by atoms with E-state index in [4.69, 9.17) is 5.73 Å². The lowest BCUT2D eigenvalue weighted by Gasteiger charge is -2.16. The molecule has 0 unspecified atom stereocenters. The van der Waals surface area contributed by atoms with Crippen LogP contribution in [0.25, 0.3) is 0 Å². The number of hydrogen-bond acceptors (Lipinski definition) is 3. The SMILES string of the molecule is CC(C)n1nc(N)c2c1CCNC2. The summed E-state index contributed by atoms with van der Waals surface area (Å²) in [5.74, 6) is 0.691. The highest BCUT2D eigenvalue weighted by molar-refractivity contribution is 5.44. The molecule has 3 N–H and O–H groups in total. The first-order chi connectivity index (χ1) is 6.20. The summed E-state index contributed by atoms with van der Waals surface area (Å²) in [6.45, 7) is 6.17. The average molecular weight is 180 g/mol. The molecule has 0 bridgehead atoms. The highest BCUT2D eigenvalue weighted by atomic mass is 15.3. The van der Waals surface area contributed by atoms with Crippen molar-refractivity contribution in [1.29, 1.82) is 0 Å². The second kappa shape index (κ2) is 3.03. The molecule has 0 aromatic carbocycles. The summed E-state index contributed by atoms with van der Waals surface area (Å²) in [6, 6.07) is 0.407. The van der Waals surface area contributed by atoms with Gasteiger partial charge in [-0.05, 0) is 13.8 Å². The molecule has 4 nitrogen and oxygen atoms in total. The smallest absolute Gasteiger partial charge is 0.150 e. The Bertz CT molecular complexity index is 314. The van der Waals surface area contributed by atoms with E-state index < -0.39 is 0 Å². The van der Waals surface area contributed by atoms with Crippen LogP contribution in [-0.2, 0) is 13.0 Å². The molecule has 72 valence electrons. The van der Waals surface area contributed by atoms with Crippen LogP contribution < -0.4 is 11.1 Å². The van der Waals surface area contributed by atoms with Crippen molar-refractivity contribution in [2.45, 2.75) is 32.9 Å². The Balaban J connectivity index is 2.47. The van der Waals surface area contributed by atoms with Crippen molar-refractivity contribution in [3.05, 3.63) is 11.3 Å². The topological polar surface area (TPSA) is 55.9 Å². The normalized spacial score (nSPS) is 16.2. The van der Waals surface area contributed by atoms with Crippen molar-refractivity contribution in [2.24, 2.45) is 0 Å². The van der Waals surface area contributed by atoms with E-state index in [1.54, 1.807) is 0 Å². The number of nitrogens with one attached hydrogen (secondary N) is 1. The van der Waals surface area contributed by atoms with E-state index in [0.29, 0.717) is 11.9 Å². The van der Waals surface area contributed by atoms with Crippen LogP contribution in [0, 0.1) is 0 Å². The van der Waals surface area contributed by atoms with Crippen LogP contribution in [0.5, 0.6) is 0 Å². The molecule has 2 rings (SSSR count). The molecule has 0 saturated heterocycles. The highest BCUT2D eigenvalue weighted by Crippen LogP contribution is 2.22. The van der Waals surface area contributed by atoms with Gasteiger partial charge in [0.1, 0.15) is 5.82 Å². The molecule has 1 aromatic rings. The van der Waals surface area contributed by atoms with Gasteiger partial charge in [-0.15, -0.1) is 0 Å². The van der Waals surface area contributed by atoms with Gasteiger partial charge in [0, 0.05) is 36.8 Å². The fourth-order valence-corrected chi connectivity index (χ4v) is 1.83. The fraction of sp³-hybridized carbons (Fsp3) is 0.667. The third-order valence-corrected chi connectivity index (χ3v) is 2.48. The minimum atomic E-state index is 0.407. The average Bonchev–Trinajstić information content (AvgIpc) is 2.45. The summed E-state index contributed by atoms with van der Waals surface area (Å²) in [6.07, 6.45) is 1.04. The largest absolute Gasteiger partial charge is 0.382 e. The predicted molar refractivity (Wildman–Crippen MR) is 52.4 cm³/mol. The van der Waals surface area contributed by atoms with Crippen molar-refractivity contribution in [3.63, 3.8) is 0 Å². The monoisotopic (exact) mass is 180 g/mol. The second-order valence-corrected chi connectivity index (χ2v) is 3.78. The van der Waals surface area contributed by atoms with E-state index in [-0.39, 0.29) is 0 Å². The standard InChI is InChI=1S/C9H16N4/c1-6(2)13-8-3-4-11-5-7(8)9(10)12-13/h6,11H,3-5H2,1-2H3,(H2,10,12). The molecule has 0 saturated carbocycles. The summed E-state index contributed by atoms with van der Waals surface area (Å²) in [5.41, 5.74) is 8.33. The van der Waals surface area contributed by atoms with Crippen LogP contribution in [0.15, 0.2) is 0 Å². The number of fused-ring (bicyclic) bond motifs is 1. The molecule has 0 fully saturated rings. The van der Waals surface area contributed by atoms with E-state index in [1.165, 1.54) is 11.3 Å². The van der Waals surface area contributed by atoms with Gasteiger partial charge in [-0.1, -0.05) is 0 Å². The van der Waals surface area contributed by atoms with Crippen LogP contribution in [0.2, 0.25) is 0 Å². The van der Waals surface area contributed by atoms with Gasteiger partial charge in [0.25, 0.3) is 0 Å². The fourth-order valence-electron chi connectivity index (χ4n) is 1.83. The molecule has 13 heavy (non-hydrogen) atoms. The number of nitrogens with two attached hydrogens (primary N) is 1. The lowest BCUT2D eigenvalue weighted by Crippen LogP contribution is -2.25. The second-order valence-electron chi connectivity index (χ2n) is 3.78. The van der Waals surface area contributed by atoms with Crippen molar-refractivity contribution in [1.82, 2.24) is 15.1 Å². The maximum atomic E-state index is 5.83. The number of anilines is 1. The molecular weight excluding hydrogens is 164 g/mol. The molecule has 0 radical (unpaired) electrons. The molecule has 2 heterocycles. The molecule has 0 aliphatic carbocycles. The molecule has 4 heteroatoms. The Kier molecular flexibility index (Phi) is 2.00. The van der Waals surface area contributed by atoms with Gasteiger partial charge in [-0.2, -0.15) is 5.10 Å². The van der Waals surface area contributed by atoms with E-state index in [0.717, 1.165) is 19.5 Å². The molecular formula is C9H16N4. The third-order valence-electron chi connectivity index (χ3n) is 2.48. The maximum absolute atomic E-state index is 5.83. The summed E-state index contributed by atoms with van der Waals surface area (Å²) in [7, 11) is 0. The van der Waals surface area contributed by atoms with Crippen molar-refractivity contribution >= 4 is 5.82 Å². The summed E-state index contributed by atoms with van der Waals surface area (Å²) in [4.78, 5) is 0. The Morgan fingerprint density at radius 2 is 2.31 bits per heavy atom. The number of aromatic nitrogens is 2. The zero-order valence-corrected chi connectivity index (χ0v) is 8.17. The first kappa shape index (κ1) is 8.56. The van der Waals surface area contributed by atoms with Gasteiger partial charge in [-0.3, -0.25) is 4.68 Å². The number of rotatable bonds is 1. The zero-order chi connectivity index (χ0) is 9.42. The quantitative estimate of drug-likeness (QED) is 0.668. The molecule has 1 aliphatic rings. The number of hydrogen-bond donors (Lipinski definition) is 2. The Morgan fingerprint density at radius 1 is 1.54 bits per heavy atom. The van der Waals surface area contributed by atoms with E-state index >= 15 is 0 Å². The minimum absolute atomic E-state index is 0.407. The van der Waals surface area contributed by atoms with Gasteiger partial charge >= 0.3 is 0 Å². The van der Waals surface area contributed by atoms with Gasteiger partial charge in [0.15, 0.2) is 0 Å².